The number of benzene rings is 2. The van der Waals surface area contributed by atoms with Gasteiger partial charge in [-0.15, -0.1) is 0 Å². The second kappa shape index (κ2) is 2.89. The van der Waals surface area contributed by atoms with Crippen molar-refractivity contribution in [3.63, 3.8) is 0 Å². The fourth-order valence-corrected chi connectivity index (χ4v) is 3.30. The van der Waals surface area contributed by atoms with Crippen molar-refractivity contribution in [3.8, 4) is 11.3 Å². The number of rotatable bonds is 0. The Balaban J connectivity index is 2.21. The minimum atomic E-state index is 1.08. The van der Waals surface area contributed by atoms with Crippen LogP contribution in [0.4, 0.5) is 0 Å². The Morgan fingerprint density at radius 3 is 2.81 bits per heavy atom. The van der Waals surface area contributed by atoms with Crippen LogP contribution in [0, 0.1) is 0 Å². The number of aromatic nitrogens is 2. The topological polar surface area (TPSA) is 28.7 Å². The van der Waals surface area contributed by atoms with Crippen LogP contribution in [-0.4, -0.2) is 10.2 Å². The number of aromatic amines is 1. The molecule has 0 bridgehead atoms. The summed E-state index contributed by atoms with van der Waals surface area (Å²) in [7, 11) is 0. The minimum absolute atomic E-state index is 1.08. The van der Waals surface area contributed by atoms with Crippen LogP contribution >= 0.6 is 11.8 Å². The summed E-state index contributed by atoms with van der Waals surface area (Å²) in [6.45, 7) is 0. The Kier molecular flexibility index (Phi) is 1.52. The molecule has 1 aliphatic rings. The van der Waals surface area contributed by atoms with Gasteiger partial charge in [-0.05, 0) is 18.2 Å². The minimum Gasteiger partial charge on any atom is -0.277 e. The summed E-state index contributed by atoms with van der Waals surface area (Å²) in [5.74, 6) is 0. The van der Waals surface area contributed by atoms with Crippen LogP contribution < -0.4 is 0 Å². The summed E-state index contributed by atoms with van der Waals surface area (Å²) < 4.78 is 0. The molecule has 4 rings (SSSR count). The predicted molar refractivity (Wildman–Crippen MR) is 65.7 cm³/mol. The molecule has 0 amide bonds. The van der Waals surface area contributed by atoms with Crippen LogP contribution in [0.2, 0.25) is 0 Å². The van der Waals surface area contributed by atoms with Crippen LogP contribution in [0.3, 0.4) is 0 Å². The molecule has 76 valence electrons. The molecule has 0 saturated heterocycles. The summed E-state index contributed by atoms with van der Waals surface area (Å²) in [4.78, 5) is 2.58. The number of hydrogen-bond acceptors (Lipinski definition) is 2. The van der Waals surface area contributed by atoms with E-state index in [-0.39, 0.29) is 0 Å². The normalized spacial score (nSPS) is 12.8. The van der Waals surface area contributed by atoms with Gasteiger partial charge >= 0.3 is 0 Å². The largest absolute Gasteiger partial charge is 0.277 e. The lowest BCUT2D eigenvalue weighted by Gasteiger charge is -2.14. The Hall–Kier alpha value is -1.74. The lowest BCUT2D eigenvalue weighted by molar-refractivity contribution is 1.12. The smallest absolute Gasteiger partial charge is 0.102 e. The van der Waals surface area contributed by atoms with E-state index in [2.05, 4.69) is 52.7 Å². The van der Waals surface area contributed by atoms with Crippen LogP contribution in [-0.2, 0) is 0 Å². The molecular weight excluding hydrogens is 216 g/mol. The molecule has 0 spiro atoms. The summed E-state index contributed by atoms with van der Waals surface area (Å²) in [5, 5.41) is 8.78. The van der Waals surface area contributed by atoms with Crippen molar-refractivity contribution in [2.45, 2.75) is 9.79 Å². The molecule has 0 aliphatic carbocycles. The highest BCUT2D eigenvalue weighted by Crippen LogP contribution is 2.46. The van der Waals surface area contributed by atoms with Gasteiger partial charge in [0.2, 0.25) is 0 Å². The number of nitrogens with one attached hydrogen (secondary N) is 1. The lowest BCUT2D eigenvalue weighted by Crippen LogP contribution is -1.89. The molecule has 2 nitrogen and oxygen atoms in total. The first kappa shape index (κ1) is 8.42. The molecule has 0 unspecified atom stereocenters. The average Bonchev–Trinajstić information content (AvgIpc) is 2.76. The van der Waals surface area contributed by atoms with Gasteiger partial charge in [-0.1, -0.05) is 36.0 Å². The molecule has 3 heteroatoms. The molecule has 0 radical (unpaired) electrons. The fraction of sp³-hybridized carbons (Fsp3) is 0. The predicted octanol–water partition coefficient (Wildman–Crippen LogP) is 3.69. The zero-order valence-electron chi connectivity index (χ0n) is 8.40. The maximum atomic E-state index is 4.43. The molecule has 0 atom stereocenters. The molecule has 1 N–H and O–H groups in total. The van der Waals surface area contributed by atoms with Gasteiger partial charge in [0.05, 0.1) is 5.52 Å². The SMILES string of the molecule is c1ccc2c(c1)Sc1cccc3[nH]nc-2c13. The van der Waals surface area contributed by atoms with Crippen LogP contribution in [0.25, 0.3) is 22.2 Å². The quantitative estimate of drug-likeness (QED) is 0.493. The molecular formula is C13H8N2S. The van der Waals surface area contributed by atoms with Gasteiger partial charge in [-0.2, -0.15) is 5.10 Å². The average molecular weight is 224 g/mol. The van der Waals surface area contributed by atoms with E-state index >= 15 is 0 Å². The summed E-state index contributed by atoms with van der Waals surface area (Å²) in [6.07, 6.45) is 0. The van der Waals surface area contributed by atoms with Gasteiger partial charge in [0.15, 0.2) is 0 Å². The van der Waals surface area contributed by atoms with Gasteiger partial charge in [-0.25, -0.2) is 0 Å². The van der Waals surface area contributed by atoms with E-state index in [9.17, 15) is 0 Å². The monoisotopic (exact) mass is 224 g/mol. The molecule has 1 aliphatic heterocycles. The molecule has 2 heterocycles. The highest BCUT2D eigenvalue weighted by Gasteiger charge is 2.20. The molecule has 1 aromatic heterocycles. The second-order valence-electron chi connectivity index (χ2n) is 3.85. The third-order valence-corrected chi connectivity index (χ3v) is 4.05. The second-order valence-corrected chi connectivity index (χ2v) is 4.93. The van der Waals surface area contributed by atoms with E-state index in [4.69, 9.17) is 0 Å². The molecule has 3 aromatic rings. The van der Waals surface area contributed by atoms with Crippen molar-refractivity contribution in [2.75, 3.05) is 0 Å². The first-order valence-electron chi connectivity index (χ1n) is 5.18. The number of fused-ring (bicyclic) bond motifs is 2. The third-order valence-electron chi connectivity index (χ3n) is 2.91. The first-order chi connectivity index (χ1) is 7.93. The summed E-state index contributed by atoms with van der Waals surface area (Å²) >= 11 is 1.82. The maximum Gasteiger partial charge on any atom is 0.102 e. The van der Waals surface area contributed by atoms with Crippen LogP contribution in [0.5, 0.6) is 0 Å². The summed E-state index contributed by atoms with van der Waals surface area (Å²) in [5.41, 5.74) is 3.44. The van der Waals surface area contributed by atoms with E-state index in [0.29, 0.717) is 0 Å². The third kappa shape index (κ3) is 0.959. The van der Waals surface area contributed by atoms with Crippen molar-refractivity contribution >= 4 is 22.7 Å². The Morgan fingerprint density at radius 2 is 1.81 bits per heavy atom. The van der Waals surface area contributed by atoms with Gasteiger partial charge in [0.1, 0.15) is 5.69 Å². The van der Waals surface area contributed by atoms with E-state index < -0.39 is 0 Å². The lowest BCUT2D eigenvalue weighted by atomic mass is 10.1. The van der Waals surface area contributed by atoms with Gasteiger partial charge in [0, 0.05) is 20.7 Å². The fourth-order valence-electron chi connectivity index (χ4n) is 2.19. The first-order valence-corrected chi connectivity index (χ1v) is 5.99. The molecule has 0 saturated carbocycles. The number of nitrogens with zero attached hydrogens (tertiary/aromatic N) is 1. The maximum absolute atomic E-state index is 4.43. The van der Waals surface area contributed by atoms with Gasteiger partial charge in [-0.3, -0.25) is 5.10 Å². The Bertz CT molecular complexity index is 700. The van der Waals surface area contributed by atoms with Crippen molar-refractivity contribution in [2.24, 2.45) is 0 Å². The standard InChI is InChI=1S/C13H8N2S/c1-2-6-10-8(4-1)13-12-9(14-15-13)5-3-7-11(12)16-10/h1-7H,(H,14,15). The van der Waals surface area contributed by atoms with Crippen molar-refractivity contribution in [1.29, 1.82) is 0 Å². The number of H-pyrrole nitrogens is 1. The highest BCUT2D eigenvalue weighted by atomic mass is 32.2. The number of hydrogen-bond donors (Lipinski definition) is 1. The zero-order chi connectivity index (χ0) is 10.5. The highest BCUT2D eigenvalue weighted by molar-refractivity contribution is 7.99. The van der Waals surface area contributed by atoms with Crippen molar-refractivity contribution in [3.05, 3.63) is 42.5 Å². The van der Waals surface area contributed by atoms with Crippen LogP contribution in [0.15, 0.2) is 52.3 Å². The van der Waals surface area contributed by atoms with Crippen LogP contribution in [0.1, 0.15) is 0 Å². The van der Waals surface area contributed by atoms with E-state index in [0.717, 1.165) is 11.2 Å². The van der Waals surface area contributed by atoms with E-state index in [1.54, 1.807) is 0 Å². The molecule has 2 aromatic carbocycles. The Labute approximate surface area is 96.7 Å². The van der Waals surface area contributed by atoms with Crippen molar-refractivity contribution < 1.29 is 0 Å². The van der Waals surface area contributed by atoms with Gasteiger partial charge in [0.25, 0.3) is 0 Å². The van der Waals surface area contributed by atoms with E-state index in [1.807, 2.05) is 11.8 Å². The molecule has 0 fully saturated rings. The van der Waals surface area contributed by atoms with E-state index in [1.165, 1.54) is 20.7 Å². The Morgan fingerprint density at radius 1 is 0.938 bits per heavy atom. The zero-order valence-corrected chi connectivity index (χ0v) is 9.21. The summed E-state index contributed by atoms with van der Waals surface area (Å²) in [6, 6.07) is 14.7. The van der Waals surface area contributed by atoms with Crippen molar-refractivity contribution in [1.82, 2.24) is 10.2 Å². The molecule has 16 heavy (non-hydrogen) atoms. The van der Waals surface area contributed by atoms with Gasteiger partial charge < -0.3 is 0 Å².